The van der Waals surface area contributed by atoms with Crippen LogP contribution in [0.1, 0.15) is 12.8 Å². The molecule has 0 atom stereocenters. The molecule has 0 amide bonds. The minimum Gasteiger partial charge on any atom is -0.369 e. The standard InChI is InChI=1S/C13H19BrN4/c1-17(2)7-3-4-8-18-12-6-5-10(14)9-11(12)16-13(18)15/h5-6,9H,3-4,7-8H2,1-2H3,(H2,15,16). The number of nitrogen functional groups attached to an aromatic ring is 1. The number of hydrogen-bond donors (Lipinski definition) is 1. The van der Waals surface area contributed by atoms with Crippen LogP contribution in [0.15, 0.2) is 22.7 Å². The van der Waals surface area contributed by atoms with Gasteiger partial charge in [-0.25, -0.2) is 4.98 Å². The van der Waals surface area contributed by atoms with Crippen LogP contribution in [0.5, 0.6) is 0 Å². The Kier molecular flexibility index (Phi) is 4.24. The Bertz CT molecular complexity index is 533. The number of halogens is 1. The summed E-state index contributed by atoms with van der Waals surface area (Å²) in [5.74, 6) is 0.605. The van der Waals surface area contributed by atoms with E-state index in [1.54, 1.807) is 0 Å². The van der Waals surface area contributed by atoms with Crippen molar-refractivity contribution in [2.75, 3.05) is 26.4 Å². The predicted molar refractivity (Wildman–Crippen MR) is 79.6 cm³/mol. The van der Waals surface area contributed by atoms with Gasteiger partial charge in [0.2, 0.25) is 5.95 Å². The molecule has 0 saturated carbocycles. The molecule has 0 fully saturated rings. The monoisotopic (exact) mass is 310 g/mol. The number of hydrogen-bond acceptors (Lipinski definition) is 3. The van der Waals surface area contributed by atoms with E-state index in [2.05, 4.69) is 50.5 Å². The van der Waals surface area contributed by atoms with Crippen molar-refractivity contribution in [3.8, 4) is 0 Å². The molecular formula is C13H19BrN4. The lowest BCUT2D eigenvalue weighted by Crippen LogP contribution is -2.13. The van der Waals surface area contributed by atoms with Crippen LogP contribution in [0.25, 0.3) is 11.0 Å². The number of unbranched alkanes of at least 4 members (excludes halogenated alkanes) is 1. The molecule has 0 radical (unpaired) electrons. The molecule has 0 unspecified atom stereocenters. The van der Waals surface area contributed by atoms with Crippen LogP contribution in [0, 0.1) is 0 Å². The van der Waals surface area contributed by atoms with Crippen molar-refractivity contribution in [1.82, 2.24) is 14.5 Å². The third kappa shape index (κ3) is 3.03. The van der Waals surface area contributed by atoms with Crippen LogP contribution in [0.2, 0.25) is 0 Å². The zero-order chi connectivity index (χ0) is 13.1. The van der Waals surface area contributed by atoms with E-state index in [0.29, 0.717) is 5.95 Å². The summed E-state index contributed by atoms with van der Waals surface area (Å²) in [5.41, 5.74) is 8.04. The number of anilines is 1. The lowest BCUT2D eigenvalue weighted by molar-refractivity contribution is 0.388. The highest BCUT2D eigenvalue weighted by molar-refractivity contribution is 9.10. The zero-order valence-electron chi connectivity index (χ0n) is 10.9. The van der Waals surface area contributed by atoms with E-state index in [1.165, 1.54) is 6.42 Å². The van der Waals surface area contributed by atoms with Crippen LogP contribution >= 0.6 is 15.9 Å². The Balaban J connectivity index is 2.10. The molecule has 0 spiro atoms. The van der Waals surface area contributed by atoms with E-state index >= 15 is 0 Å². The fourth-order valence-electron chi connectivity index (χ4n) is 2.05. The van der Waals surface area contributed by atoms with Crippen LogP contribution in [-0.2, 0) is 6.54 Å². The molecule has 4 nitrogen and oxygen atoms in total. The first-order valence-corrected chi connectivity index (χ1v) is 6.93. The first-order chi connectivity index (χ1) is 8.58. The van der Waals surface area contributed by atoms with Gasteiger partial charge < -0.3 is 15.2 Å². The molecule has 18 heavy (non-hydrogen) atoms. The molecule has 98 valence electrons. The van der Waals surface area contributed by atoms with Crippen LogP contribution in [0.3, 0.4) is 0 Å². The number of rotatable bonds is 5. The average Bonchev–Trinajstić information content (AvgIpc) is 2.59. The third-order valence-electron chi connectivity index (χ3n) is 2.98. The predicted octanol–water partition coefficient (Wildman–Crippen LogP) is 2.72. The van der Waals surface area contributed by atoms with Gasteiger partial charge in [-0.15, -0.1) is 0 Å². The van der Waals surface area contributed by atoms with Crippen molar-refractivity contribution in [2.24, 2.45) is 0 Å². The summed E-state index contributed by atoms with van der Waals surface area (Å²) in [6.07, 6.45) is 2.28. The first-order valence-electron chi connectivity index (χ1n) is 6.14. The maximum atomic E-state index is 5.97. The summed E-state index contributed by atoms with van der Waals surface area (Å²) >= 11 is 3.45. The number of aryl methyl sites for hydroxylation is 1. The number of imidazole rings is 1. The SMILES string of the molecule is CN(C)CCCCn1c(N)nc2cc(Br)ccc21. The van der Waals surface area contributed by atoms with E-state index in [4.69, 9.17) is 5.73 Å². The molecule has 0 aliphatic heterocycles. The normalized spacial score (nSPS) is 11.6. The van der Waals surface area contributed by atoms with Crippen molar-refractivity contribution < 1.29 is 0 Å². The van der Waals surface area contributed by atoms with Crippen LogP contribution < -0.4 is 5.73 Å². The highest BCUT2D eigenvalue weighted by Crippen LogP contribution is 2.22. The van der Waals surface area contributed by atoms with Gasteiger partial charge in [-0.1, -0.05) is 15.9 Å². The van der Waals surface area contributed by atoms with Crippen molar-refractivity contribution in [1.29, 1.82) is 0 Å². The largest absolute Gasteiger partial charge is 0.369 e. The van der Waals surface area contributed by atoms with Gasteiger partial charge >= 0.3 is 0 Å². The Morgan fingerprint density at radius 2 is 2.11 bits per heavy atom. The van der Waals surface area contributed by atoms with Crippen molar-refractivity contribution in [3.05, 3.63) is 22.7 Å². The second-order valence-electron chi connectivity index (χ2n) is 4.77. The van der Waals surface area contributed by atoms with Gasteiger partial charge in [0, 0.05) is 11.0 Å². The Morgan fingerprint density at radius 1 is 1.33 bits per heavy atom. The van der Waals surface area contributed by atoms with Gasteiger partial charge in [-0.2, -0.15) is 0 Å². The molecule has 0 aliphatic rings. The molecule has 2 aromatic rings. The quantitative estimate of drug-likeness (QED) is 0.864. The van der Waals surface area contributed by atoms with E-state index in [1.807, 2.05) is 12.1 Å². The first kappa shape index (κ1) is 13.4. The maximum Gasteiger partial charge on any atom is 0.201 e. The molecule has 0 aliphatic carbocycles. The molecule has 1 heterocycles. The molecule has 1 aromatic heterocycles. The smallest absolute Gasteiger partial charge is 0.201 e. The van der Waals surface area contributed by atoms with Gasteiger partial charge in [-0.3, -0.25) is 0 Å². The van der Waals surface area contributed by atoms with Gasteiger partial charge in [0.05, 0.1) is 11.0 Å². The van der Waals surface area contributed by atoms with Crippen molar-refractivity contribution in [2.45, 2.75) is 19.4 Å². The number of nitrogens with zero attached hydrogens (tertiary/aromatic N) is 3. The van der Waals surface area contributed by atoms with Gasteiger partial charge in [0.15, 0.2) is 0 Å². The van der Waals surface area contributed by atoms with Gasteiger partial charge in [-0.05, 0) is 51.7 Å². The summed E-state index contributed by atoms with van der Waals surface area (Å²) in [4.78, 5) is 6.59. The van der Waals surface area contributed by atoms with Crippen LogP contribution in [-0.4, -0.2) is 35.1 Å². The molecule has 0 saturated heterocycles. The Morgan fingerprint density at radius 3 is 2.83 bits per heavy atom. The fourth-order valence-corrected chi connectivity index (χ4v) is 2.40. The molecular weight excluding hydrogens is 292 g/mol. The van der Waals surface area contributed by atoms with E-state index < -0.39 is 0 Å². The molecule has 0 bridgehead atoms. The Hall–Kier alpha value is -1.07. The highest BCUT2D eigenvalue weighted by Gasteiger charge is 2.07. The lowest BCUT2D eigenvalue weighted by Gasteiger charge is -2.10. The molecule has 1 aromatic carbocycles. The fraction of sp³-hybridized carbons (Fsp3) is 0.462. The number of fused-ring (bicyclic) bond motifs is 1. The van der Waals surface area contributed by atoms with Crippen molar-refractivity contribution >= 4 is 32.9 Å². The van der Waals surface area contributed by atoms with Gasteiger partial charge in [0.1, 0.15) is 0 Å². The molecule has 2 rings (SSSR count). The number of nitrogens with two attached hydrogens (primary N) is 1. The molecule has 2 N–H and O–H groups in total. The minimum absolute atomic E-state index is 0.605. The number of aromatic nitrogens is 2. The summed E-state index contributed by atoms with van der Waals surface area (Å²) in [6, 6.07) is 6.09. The summed E-state index contributed by atoms with van der Waals surface area (Å²) < 4.78 is 3.13. The van der Waals surface area contributed by atoms with E-state index in [0.717, 1.165) is 35.0 Å². The summed E-state index contributed by atoms with van der Waals surface area (Å²) in [6.45, 7) is 2.04. The number of benzene rings is 1. The summed E-state index contributed by atoms with van der Waals surface area (Å²) in [7, 11) is 4.19. The highest BCUT2D eigenvalue weighted by atomic mass is 79.9. The van der Waals surface area contributed by atoms with Crippen LogP contribution in [0.4, 0.5) is 5.95 Å². The van der Waals surface area contributed by atoms with E-state index in [9.17, 15) is 0 Å². The van der Waals surface area contributed by atoms with E-state index in [-0.39, 0.29) is 0 Å². The molecule has 5 heteroatoms. The Labute approximate surface area is 116 Å². The van der Waals surface area contributed by atoms with Gasteiger partial charge in [0.25, 0.3) is 0 Å². The van der Waals surface area contributed by atoms with Crippen molar-refractivity contribution in [3.63, 3.8) is 0 Å². The zero-order valence-corrected chi connectivity index (χ0v) is 12.4. The summed E-state index contributed by atoms with van der Waals surface area (Å²) in [5, 5.41) is 0. The minimum atomic E-state index is 0.605. The maximum absolute atomic E-state index is 5.97. The second-order valence-corrected chi connectivity index (χ2v) is 5.68. The average molecular weight is 311 g/mol. The second kappa shape index (κ2) is 5.71. The third-order valence-corrected chi connectivity index (χ3v) is 3.47. The topological polar surface area (TPSA) is 47.1 Å². The lowest BCUT2D eigenvalue weighted by atomic mass is 10.3.